The van der Waals surface area contributed by atoms with Crippen molar-refractivity contribution in [2.45, 2.75) is 6.10 Å². The summed E-state index contributed by atoms with van der Waals surface area (Å²) < 4.78 is 28.8. The van der Waals surface area contributed by atoms with Gasteiger partial charge in [0.2, 0.25) is 0 Å². The topological polar surface area (TPSA) is 86.6 Å². The van der Waals surface area contributed by atoms with Crippen molar-refractivity contribution in [3.8, 4) is 0 Å². The van der Waals surface area contributed by atoms with Crippen LogP contribution in [-0.4, -0.2) is 72.6 Å². The summed E-state index contributed by atoms with van der Waals surface area (Å²) >= 11 is 0. The van der Waals surface area contributed by atoms with Crippen LogP contribution < -0.4 is 5.32 Å². The van der Waals surface area contributed by atoms with Crippen LogP contribution in [0.2, 0.25) is 0 Å². The van der Waals surface area contributed by atoms with Crippen LogP contribution in [0.4, 0.5) is 0 Å². The molecule has 13 heavy (non-hydrogen) atoms. The molecular formula is C6H14NNaO4S. The van der Waals surface area contributed by atoms with Crippen molar-refractivity contribution < 1.29 is 18.1 Å². The van der Waals surface area contributed by atoms with E-state index in [-0.39, 0.29) is 36.1 Å². The van der Waals surface area contributed by atoms with Gasteiger partial charge in [-0.05, 0) is 0 Å². The first kappa shape index (κ1) is 16.0. The molecule has 1 atom stereocenters. The number of hydrogen-bond donors (Lipinski definition) is 3. The summed E-state index contributed by atoms with van der Waals surface area (Å²) in [6, 6.07) is 0. The molecule has 0 spiro atoms. The molecule has 0 aromatic rings. The Morgan fingerprint density at radius 1 is 1.54 bits per heavy atom. The molecule has 0 amide bonds. The number of aliphatic hydroxyl groups excluding tert-OH is 1. The molecule has 0 fully saturated rings. The van der Waals surface area contributed by atoms with Crippen molar-refractivity contribution in [3.05, 3.63) is 12.7 Å². The summed E-state index contributed by atoms with van der Waals surface area (Å²) in [5.74, 6) is -0.642. The van der Waals surface area contributed by atoms with Crippen LogP contribution in [0.3, 0.4) is 0 Å². The maximum atomic E-state index is 10.2. The van der Waals surface area contributed by atoms with Crippen LogP contribution in [0.15, 0.2) is 12.7 Å². The summed E-state index contributed by atoms with van der Waals surface area (Å²) in [5, 5.41) is 11.7. The summed E-state index contributed by atoms with van der Waals surface area (Å²) in [7, 11) is -4.08. The zero-order chi connectivity index (χ0) is 9.61. The molecule has 74 valence electrons. The van der Waals surface area contributed by atoms with Gasteiger partial charge >= 0.3 is 29.6 Å². The molecule has 3 N–H and O–H groups in total. The van der Waals surface area contributed by atoms with Gasteiger partial charge in [0.1, 0.15) is 5.75 Å². The van der Waals surface area contributed by atoms with E-state index in [1.54, 1.807) is 6.08 Å². The Labute approximate surface area is 100 Å². The Bertz CT molecular complexity index is 229. The predicted octanol–water partition coefficient (Wildman–Crippen LogP) is -1.64. The Morgan fingerprint density at radius 2 is 2.08 bits per heavy atom. The van der Waals surface area contributed by atoms with Crippen LogP contribution in [0.25, 0.3) is 0 Å². The minimum absolute atomic E-state index is 0. The van der Waals surface area contributed by atoms with Gasteiger partial charge in [-0.3, -0.25) is 4.55 Å². The van der Waals surface area contributed by atoms with Crippen molar-refractivity contribution in [1.29, 1.82) is 0 Å². The monoisotopic (exact) mass is 219 g/mol. The number of hydrogen-bond acceptors (Lipinski definition) is 4. The molecule has 0 radical (unpaired) electrons. The molecule has 0 aliphatic rings. The van der Waals surface area contributed by atoms with E-state index in [0.717, 1.165) is 0 Å². The van der Waals surface area contributed by atoms with Gasteiger partial charge in [-0.15, -0.1) is 6.58 Å². The van der Waals surface area contributed by atoms with E-state index >= 15 is 0 Å². The molecule has 0 bridgehead atoms. The third-order valence-corrected chi connectivity index (χ3v) is 1.88. The van der Waals surface area contributed by atoms with Crippen molar-refractivity contribution in [2.24, 2.45) is 0 Å². The minimum atomic E-state index is -4.08. The number of rotatable bonds is 6. The molecule has 0 heterocycles. The Balaban J connectivity index is 0. The molecule has 0 aromatic heterocycles. The molecule has 0 aromatic carbocycles. The first-order chi connectivity index (χ1) is 5.45. The standard InChI is InChI=1S/C6H13NO4S.Na.H/c1-2-3-7-4-6(8)5-12(9,10)11;;/h2,6-8H,1,3-5H2,(H,9,10,11);;. The quantitative estimate of drug-likeness (QED) is 0.216. The fourth-order valence-electron chi connectivity index (χ4n) is 0.654. The molecule has 5 nitrogen and oxygen atoms in total. The third kappa shape index (κ3) is 12.6. The van der Waals surface area contributed by atoms with E-state index in [1.165, 1.54) is 0 Å². The number of nitrogens with one attached hydrogen (secondary N) is 1. The van der Waals surface area contributed by atoms with Gasteiger partial charge in [0.05, 0.1) is 6.10 Å². The second-order valence-electron chi connectivity index (χ2n) is 2.35. The Morgan fingerprint density at radius 3 is 2.46 bits per heavy atom. The molecule has 0 aliphatic heterocycles. The van der Waals surface area contributed by atoms with E-state index in [9.17, 15) is 8.42 Å². The van der Waals surface area contributed by atoms with Crippen molar-refractivity contribution in [3.63, 3.8) is 0 Å². The van der Waals surface area contributed by atoms with Crippen LogP contribution >= 0.6 is 0 Å². The van der Waals surface area contributed by atoms with Crippen LogP contribution in [0.5, 0.6) is 0 Å². The fraction of sp³-hybridized carbons (Fsp3) is 0.667. The van der Waals surface area contributed by atoms with E-state index in [4.69, 9.17) is 9.66 Å². The molecule has 0 saturated heterocycles. The average Bonchev–Trinajstić information content (AvgIpc) is 1.84. The van der Waals surface area contributed by atoms with Gasteiger partial charge in [-0.2, -0.15) is 8.42 Å². The third-order valence-electron chi connectivity index (χ3n) is 1.07. The summed E-state index contributed by atoms with van der Waals surface area (Å²) in [6.45, 7) is 4.03. The summed E-state index contributed by atoms with van der Waals surface area (Å²) in [5.41, 5.74) is 0. The van der Waals surface area contributed by atoms with Gasteiger partial charge in [-0.1, -0.05) is 6.08 Å². The van der Waals surface area contributed by atoms with Crippen LogP contribution in [0, 0.1) is 0 Å². The van der Waals surface area contributed by atoms with Gasteiger partial charge in [0.25, 0.3) is 10.1 Å². The zero-order valence-corrected chi connectivity index (χ0v) is 7.42. The number of aliphatic hydroxyl groups is 1. The summed E-state index contributed by atoms with van der Waals surface area (Å²) in [4.78, 5) is 0. The molecule has 7 heteroatoms. The Kier molecular flexibility index (Phi) is 9.77. The molecule has 0 saturated carbocycles. The summed E-state index contributed by atoms with van der Waals surface area (Å²) in [6.07, 6.45) is 0.500. The van der Waals surface area contributed by atoms with Crippen LogP contribution in [-0.2, 0) is 10.1 Å². The fourth-order valence-corrected chi connectivity index (χ4v) is 1.26. The SMILES string of the molecule is C=CCNCC(O)CS(=O)(=O)O.[NaH]. The first-order valence-electron chi connectivity index (χ1n) is 3.40. The van der Waals surface area contributed by atoms with Crippen molar-refractivity contribution >= 4 is 39.7 Å². The van der Waals surface area contributed by atoms with Gasteiger partial charge in [0, 0.05) is 13.1 Å². The van der Waals surface area contributed by atoms with E-state index < -0.39 is 22.0 Å². The van der Waals surface area contributed by atoms with Crippen LogP contribution in [0.1, 0.15) is 0 Å². The van der Waals surface area contributed by atoms with E-state index in [0.29, 0.717) is 6.54 Å². The second kappa shape index (κ2) is 7.93. The van der Waals surface area contributed by atoms with E-state index in [1.807, 2.05) is 0 Å². The van der Waals surface area contributed by atoms with Gasteiger partial charge in [0.15, 0.2) is 0 Å². The molecule has 0 aliphatic carbocycles. The average molecular weight is 219 g/mol. The normalized spacial score (nSPS) is 13.1. The first-order valence-corrected chi connectivity index (χ1v) is 5.01. The predicted molar refractivity (Wildman–Crippen MR) is 52.6 cm³/mol. The second-order valence-corrected chi connectivity index (χ2v) is 3.85. The van der Waals surface area contributed by atoms with Crippen molar-refractivity contribution in [1.82, 2.24) is 5.32 Å². The molecule has 0 rings (SSSR count). The molecule has 1 unspecified atom stereocenters. The Hall–Kier alpha value is 0.570. The van der Waals surface area contributed by atoms with Gasteiger partial charge in [-0.25, -0.2) is 0 Å². The van der Waals surface area contributed by atoms with E-state index in [2.05, 4.69) is 11.9 Å². The van der Waals surface area contributed by atoms with Gasteiger partial charge < -0.3 is 10.4 Å². The molecular weight excluding hydrogens is 205 g/mol. The van der Waals surface area contributed by atoms with Crippen molar-refractivity contribution in [2.75, 3.05) is 18.8 Å². The maximum absolute atomic E-state index is 10.2. The zero-order valence-electron chi connectivity index (χ0n) is 6.60.